The van der Waals surface area contributed by atoms with Crippen LogP contribution in [-0.4, -0.2) is 65.5 Å². The van der Waals surface area contributed by atoms with Crippen LogP contribution in [0.4, 0.5) is 0 Å². The average molecular weight is 445 g/mol. The smallest absolute Gasteiger partial charge is 0.255 e. The van der Waals surface area contributed by atoms with E-state index in [4.69, 9.17) is 14.0 Å². The lowest BCUT2D eigenvalue weighted by Gasteiger charge is -2.32. The van der Waals surface area contributed by atoms with Crippen LogP contribution in [0.5, 0.6) is 0 Å². The Bertz CT molecular complexity index is 900. The first-order valence-corrected chi connectivity index (χ1v) is 11.9. The predicted molar refractivity (Wildman–Crippen MR) is 120 cm³/mol. The Morgan fingerprint density at radius 2 is 2.06 bits per heavy atom. The molecule has 0 aromatic carbocycles. The maximum absolute atomic E-state index is 13.3. The highest BCUT2D eigenvalue weighted by molar-refractivity contribution is 5.95. The van der Waals surface area contributed by atoms with Crippen LogP contribution in [0.2, 0.25) is 0 Å². The van der Waals surface area contributed by atoms with Crippen LogP contribution >= 0.6 is 0 Å². The second-order valence-corrected chi connectivity index (χ2v) is 9.16. The normalized spacial score (nSPS) is 20.1. The molecule has 2 aromatic heterocycles. The highest BCUT2D eigenvalue weighted by Crippen LogP contribution is 2.27. The molecule has 1 atom stereocenters. The fraction of sp³-hybridized carbons (Fsp3) is 0.708. The minimum absolute atomic E-state index is 0.146. The number of aromatic nitrogens is 3. The minimum Gasteiger partial charge on any atom is -0.383 e. The number of ether oxygens (including phenoxy) is 2. The zero-order valence-electron chi connectivity index (χ0n) is 19.6. The molecule has 8 heteroatoms. The lowest BCUT2D eigenvalue weighted by molar-refractivity contribution is 0.0667. The van der Waals surface area contributed by atoms with E-state index in [9.17, 15) is 4.79 Å². The van der Waals surface area contributed by atoms with Crippen molar-refractivity contribution in [1.82, 2.24) is 19.6 Å². The number of aryl methyl sites for hydroxylation is 2. The number of carbonyl (C=O) groups is 1. The third-order valence-electron chi connectivity index (χ3n) is 6.96. The average Bonchev–Trinajstić information content (AvgIpc) is 3.41. The second-order valence-electron chi connectivity index (χ2n) is 9.16. The van der Waals surface area contributed by atoms with E-state index in [1.54, 1.807) is 7.11 Å². The molecule has 32 heavy (non-hydrogen) atoms. The van der Waals surface area contributed by atoms with Gasteiger partial charge in [-0.1, -0.05) is 5.16 Å². The molecule has 4 rings (SSSR count). The molecule has 0 aliphatic carbocycles. The molecule has 0 spiro atoms. The molecule has 1 amide bonds. The SMILES string of the molecule is COCCn1c(C)cc(C(=O)N2CCCC(CCc3noc(C4CCOCC4)n3)C2)c1C. The van der Waals surface area contributed by atoms with Crippen LogP contribution in [0.1, 0.15) is 71.5 Å². The van der Waals surface area contributed by atoms with E-state index in [1.807, 2.05) is 17.9 Å². The number of nitrogens with zero attached hydrogens (tertiary/aromatic N) is 4. The maximum atomic E-state index is 13.3. The molecule has 2 aliphatic rings. The Kier molecular flexibility index (Phi) is 7.63. The Labute approximate surface area is 190 Å². The van der Waals surface area contributed by atoms with E-state index in [0.29, 0.717) is 18.4 Å². The zero-order chi connectivity index (χ0) is 22.5. The summed E-state index contributed by atoms with van der Waals surface area (Å²) in [7, 11) is 1.70. The van der Waals surface area contributed by atoms with Crippen molar-refractivity contribution in [3.63, 3.8) is 0 Å². The highest BCUT2D eigenvalue weighted by atomic mass is 16.5. The largest absolute Gasteiger partial charge is 0.383 e. The van der Waals surface area contributed by atoms with Gasteiger partial charge in [0, 0.05) is 63.7 Å². The molecule has 0 saturated carbocycles. The van der Waals surface area contributed by atoms with Crippen molar-refractivity contribution >= 4 is 5.91 Å². The van der Waals surface area contributed by atoms with Gasteiger partial charge in [0.25, 0.3) is 5.91 Å². The summed E-state index contributed by atoms with van der Waals surface area (Å²) in [5, 5.41) is 4.21. The number of hydrogen-bond acceptors (Lipinski definition) is 6. The first-order valence-electron chi connectivity index (χ1n) is 11.9. The fourth-order valence-corrected chi connectivity index (χ4v) is 5.01. The number of carbonyl (C=O) groups excluding carboxylic acids is 1. The van der Waals surface area contributed by atoms with Crippen LogP contribution in [0, 0.1) is 19.8 Å². The van der Waals surface area contributed by atoms with E-state index in [1.165, 1.54) is 0 Å². The quantitative estimate of drug-likeness (QED) is 0.620. The summed E-state index contributed by atoms with van der Waals surface area (Å²) in [6.07, 6.45) is 5.86. The lowest BCUT2D eigenvalue weighted by Crippen LogP contribution is -2.40. The molecule has 0 radical (unpaired) electrons. The van der Waals surface area contributed by atoms with Crippen molar-refractivity contribution in [1.29, 1.82) is 0 Å². The number of hydrogen-bond donors (Lipinski definition) is 0. The number of likely N-dealkylation sites (tertiary alicyclic amines) is 1. The van der Waals surface area contributed by atoms with Crippen molar-refractivity contribution in [2.45, 2.75) is 64.8 Å². The number of piperidine rings is 1. The molecule has 0 N–H and O–H groups in total. The molecule has 2 saturated heterocycles. The standard InChI is InChI=1S/C24H36N4O4/c1-17-15-21(18(2)28(17)11-14-30-3)24(29)27-10-4-5-19(16-27)6-7-22-25-23(32-26-22)20-8-12-31-13-9-20/h15,19-20H,4-14,16H2,1-3H3. The zero-order valence-corrected chi connectivity index (χ0v) is 19.6. The molecule has 176 valence electrons. The Hall–Kier alpha value is -2.19. The fourth-order valence-electron chi connectivity index (χ4n) is 5.01. The third-order valence-corrected chi connectivity index (χ3v) is 6.96. The molecule has 2 aliphatic heterocycles. The van der Waals surface area contributed by atoms with Gasteiger partial charge in [0.2, 0.25) is 5.89 Å². The van der Waals surface area contributed by atoms with Gasteiger partial charge in [0.05, 0.1) is 12.2 Å². The summed E-state index contributed by atoms with van der Waals surface area (Å²) >= 11 is 0. The summed E-state index contributed by atoms with van der Waals surface area (Å²) in [4.78, 5) is 20.0. The first kappa shape index (κ1) is 23.0. The topological polar surface area (TPSA) is 82.6 Å². The van der Waals surface area contributed by atoms with Crippen molar-refractivity contribution in [2.24, 2.45) is 5.92 Å². The number of amides is 1. The van der Waals surface area contributed by atoms with Crippen molar-refractivity contribution in [3.05, 3.63) is 34.7 Å². The molecule has 2 fully saturated rings. The summed E-state index contributed by atoms with van der Waals surface area (Å²) in [5.74, 6) is 2.49. The monoisotopic (exact) mass is 444 g/mol. The molecule has 2 aromatic rings. The highest BCUT2D eigenvalue weighted by Gasteiger charge is 2.28. The van der Waals surface area contributed by atoms with Crippen LogP contribution in [0.15, 0.2) is 10.6 Å². The number of methoxy groups -OCH3 is 1. The van der Waals surface area contributed by atoms with Gasteiger partial charge >= 0.3 is 0 Å². The van der Waals surface area contributed by atoms with Gasteiger partial charge < -0.3 is 23.5 Å². The van der Waals surface area contributed by atoms with Crippen molar-refractivity contribution in [2.75, 3.05) is 40.0 Å². The van der Waals surface area contributed by atoms with Crippen LogP contribution in [0.25, 0.3) is 0 Å². The van der Waals surface area contributed by atoms with Gasteiger partial charge in [-0.15, -0.1) is 0 Å². The van der Waals surface area contributed by atoms with Crippen LogP contribution in [-0.2, 0) is 22.4 Å². The van der Waals surface area contributed by atoms with E-state index in [2.05, 4.69) is 21.6 Å². The summed E-state index contributed by atoms with van der Waals surface area (Å²) in [5.41, 5.74) is 2.95. The first-order chi connectivity index (χ1) is 15.6. The van der Waals surface area contributed by atoms with Gasteiger partial charge in [0.15, 0.2) is 5.82 Å². The van der Waals surface area contributed by atoms with Gasteiger partial charge in [0.1, 0.15) is 0 Å². The molecular weight excluding hydrogens is 408 g/mol. The summed E-state index contributed by atoms with van der Waals surface area (Å²) in [6, 6.07) is 2.02. The number of rotatable bonds is 8. The molecule has 0 bridgehead atoms. The molecule has 4 heterocycles. The third kappa shape index (κ3) is 5.23. The maximum Gasteiger partial charge on any atom is 0.255 e. The summed E-state index contributed by atoms with van der Waals surface area (Å²) in [6.45, 7) is 8.65. The Morgan fingerprint density at radius 3 is 2.84 bits per heavy atom. The van der Waals surface area contributed by atoms with Crippen LogP contribution in [0.3, 0.4) is 0 Å². The van der Waals surface area contributed by atoms with E-state index < -0.39 is 0 Å². The second kappa shape index (κ2) is 10.6. The van der Waals surface area contributed by atoms with E-state index in [-0.39, 0.29) is 5.91 Å². The lowest BCUT2D eigenvalue weighted by atomic mass is 9.93. The molecular formula is C24H36N4O4. The summed E-state index contributed by atoms with van der Waals surface area (Å²) < 4.78 is 18.3. The predicted octanol–water partition coefficient (Wildman–Crippen LogP) is 3.51. The van der Waals surface area contributed by atoms with Crippen LogP contribution < -0.4 is 0 Å². The molecule has 8 nitrogen and oxygen atoms in total. The van der Waals surface area contributed by atoms with E-state index >= 15 is 0 Å². The van der Waals surface area contributed by atoms with E-state index in [0.717, 1.165) is 100 Å². The molecule has 1 unspecified atom stereocenters. The minimum atomic E-state index is 0.146. The Morgan fingerprint density at radius 1 is 1.25 bits per heavy atom. The van der Waals surface area contributed by atoms with Crippen molar-refractivity contribution < 1.29 is 18.8 Å². The van der Waals surface area contributed by atoms with Gasteiger partial charge in [-0.3, -0.25) is 4.79 Å². The van der Waals surface area contributed by atoms with Gasteiger partial charge in [-0.25, -0.2) is 0 Å². The van der Waals surface area contributed by atoms with Crippen molar-refractivity contribution in [3.8, 4) is 0 Å². The Balaban J connectivity index is 1.33. The van der Waals surface area contributed by atoms with Gasteiger partial charge in [-0.2, -0.15) is 4.98 Å². The van der Waals surface area contributed by atoms with Gasteiger partial charge in [-0.05, 0) is 57.9 Å².